The monoisotopic (exact) mass is 268 g/mol. The van der Waals surface area contributed by atoms with E-state index in [0.717, 1.165) is 11.1 Å². The number of hydrogen-bond donors (Lipinski definition) is 1. The van der Waals surface area contributed by atoms with E-state index in [1.807, 2.05) is 31.2 Å². The smallest absolute Gasteiger partial charge is 0.299 e. The molecule has 2 aromatic carbocycles. The minimum atomic E-state index is -0.305. The molecule has 0 bridgehead atoms. The van der Waals surface area contributed by atoms with Gasteiger partial charge >= 0.3 is 0 Å². The third-order valence-corrected chi connectivity index (χ3v) is 2.88. The lowest BCUT2D eigenvalue weighted by Crippen LogP contribution is -1.90. The molecule has 3 aromatic rings. The highest BCUT2D eigenvalue weighted by atomic mass is 19.1. The molecule has 0 amide bonds. The van der Waals surface area contributed by atoms with Gasteiger partial charge in [-0.15, -0.1) is 0 Å². The van der Waals surface area contributed by atoms with Gasteiger partial charge in [0.2, 0.25) is 0 Å². The van der Waals surface area contributed by atoms with Crippen molar-refractivity contribution in [3.05, 3.63) is 66.1 Å². The van der Waals surface area contributed by atoms with E-state index in [-0.39, 0.29) is 5.82 Å². The molecule has 0 fully saturated rings. The van der Waals surface area contributed by atoms with Gasteiger partial charge in [0.05, 0.1) is 6.20 Å². The van der Waals surface area contributed by atoms with Crippen molar-refractivity contribution in [1.29, 1.82) is 0 Å². The summed E-state index contributed by atoms with van der Waals surface area (Å²) in [5.41, 5.74) is 2.71. The van der Waals surface area contributed by atoms with Crippen molar-refractivity contribution in [1.82, 2.24) is 4.98 Å². The molecule has 0 unspecified atom stereocenters. The Morgan fingerprint density at radius 1 is 1.10 bits per heavy atom. The minimum Gasteiger partial charge on any atom is -0.423 e. The molecule has 0 atom stereocenters. The summed E-state index contributed by atoms with van der Waals surface area (Å²) in [4.78, 5) is 4.15. The minimum absolute atomic E-state index is 0.305. The van der Waals surface area contributed by atoms with Gasteiger partial charge in [-0.1, -0.05) is 29.8 Å². The molecule has 20 heavy (non-hydrogen) atoms. The summed E-state index contributed by atoms with van der Waals surface area (Å²) in [5, 5.41) is 2.93. The van der Waals surface area contributed by atoms with Crippen molar-refractivity contribution in [2.45, 2.75) is 6.92 Å². The Kier molecular flexibility index (Phi) is 3.21. The van der Waals surface area contributed by atoms with Crippen LogP contribution in [-0.2, 0) is 0 Å². The molecule has 4 heteroatoms. The molecule has 3 rings (SSSR count). The van der Waals surface area contributed by atoms with Crippen molar-refractivity contribution in [3.63, 3.8) is 0 Å². The van der Waals surface area contributed by atoms with E-state index < -0.39 is 0 Å². The maximum Gasteiger partial charge on any atom is 0.299 e. The van der Waals surface area contributed by atoms with Gasteiger partial charge in [0.1, 0.15) is 5.82 Å². The zero-order valence-corrected chi connectivity index (χ0v) is 10.9. The Hall–Kier alpha value is -2.62. The van der Waals surface area contributed by atoms with Gasteiger partial charge < -0.3 is 9.73 Å². The maximum absolute atomic E-state index is 13.1. The number of nitrogens with zero attached hydrogens (tertiary/aromatic N) is 1. The van der Waals surface area contributed by atoms with Crippen LogP contribution in [0.4, 0.5) is 16.1 Å². The fourth-order valence-electron chi connectivity index (χ4n) is 1.95. The number of benzene rings is 2. The quantitative estimate of drug-likeness (QED) is 0.758. The second kappa shape index (κ2) is 5.17. The van der Waals surface area contributed by atoms with Crippen LogP contribution < -0.4 is 5.32 Å². The largest absolute Gasteiger partial charge is 0.423 e. The Labute approximate surface area is 116 Å². The van der Waals surface area contributed by atoms with E-state index in [2.05, 4.69) is 10.3 Å². The summed E-state index contributed by atoms with van der Waals surface area (Å²) in [6.45, 7) is 2.02. The third-order valence-electron chi connectivity index (χ3n) is 2.88. The average molecular weight is 268 g/mol. The van der Waals surface area contributed by atoms with Crippen molar-refractivity contribution in [2.75, 3.05) is 5.32 Å². The number of rotatable bonds is 3. The summed E-state index contributed by atoms with van der Waals surface area (Å²) >= 11 is 0. The van der Waals surface area contributed by atoms with Gasteiger partial charge in [-0.05, 0) is 31.2 Å². The number of aromatic nitrogens is 1. The predicted molar refractivity (Wildman–Crippen MR) is 76.4 cm³/mol. The lowest BCUT2D eigenvalue weighted by Gasteiger charge is -2.01. The van der Waals surface area contributed by atoms with Crippen LogP contribution in [0.25, 0.3) is 11.3 Å². The van der Waals surface area contributed by atoms with E-state index in [9.17, 15) is 4.39 Å². The molecule has 0 saturated heterocycles. The third kappa shape index (κ3) is 2.69. The van der Waals surface area contributed by atoms with Crippen LogP contribution >= 0.6 is 0 Å². The van der Waals surface area contributed by atoms with Crippen LogP contribution in [0.5, 0.6) is 0 Å². The zero-order valence-electron chi connectivity index (χ0n) is 10.9. The highest BCUT2D eigenvalue weighted by molar-refractivity contribution is 5.60. The van der Waals surface area contributed by atoms with Crippen molar-refractivity contribution in [3.8, 4) is 11.3 Å². The number of hydrogen-bond acceptors (Lipinski definition) is 3. The number of oxazole rings is 1. The molecule has 1 aromatic heterocycles. The second-order valence-electron chi connectivity index (χ2n) is 4.53. The number of halogens is 1. The molecule has 0 radical (unpaired) electrons. The van der Waals surface area contributed by atoms with E-state index in [1.165, 1.54) is 12.1 Å². The van der Waals surface area contributed by atoms with Gasteiger partial charge in [0, 0.05) is 11.3 Å². The highest BCUT2D eigenvalue weighted by Crippen LogP contribution is 2.25. The van der Waals surface area contributed by atoms with Crippen molar-refractivity contribution in [2.24, 2.45) is 0 Å². The molecular formula is C16H13FN2O. The van der Waals surface area contributed by atoms with E-state index in [1.54, 1.807) is 18.3 Å². The normalized spacial score (nSPS) is 10.5. The van der Waals surface area contributed by atoms with Gasteiger partial charge in [-0.2, -0.15) is 0 Å². The lowest BCUT2D eigenvalue weighted by molar-refractivity contribution is 0.591. The summed E-state index contributed by atoms with van der Waals surface area (Å²) in [5.74, 6) is 0.369. The first-order valence-corrected chi connectivity index (χ1v) is 6.26. The Morgan fingerprint density at radius 3 is 2.75 bits per heavy atom. The first-order chi connectivity index (χ1) is 9.70. The standard InChI is InChI=1S/C16H13FN2O/c1-11-4-2-5-12(8-11)15-10-18-16(20-15)19-14-7-3-6-13(17)9-14/h2-10H,1H3,(H,18,19). The second-order valence-corrected chi connectivity index (χ2v) is 4.53. The summed E-state index contributed by atoms with van der Waals surface area (Å²) in [7, 11) is 0. The molecule has 1 N–H and O–H groups in total. The first kappa shape index (κ1) is 12.4. The predicted octanol–water partition coefficient (Wildman–Crippen LogP) is 4.53. The summed E-state index contributed by atoms with van der Waals surface area (Å²) in [6.07, 6.45) is 1.65. The molecule has 0 spiro atoms. The van der Waals surface area contributed by atoms with Crippen LogP contribution in [0.1, 0.15) is 5.56 Å². The molecule has 0 aliphatic heterocycles. The van der Waals surface area contributed by atoms with E-state index in [0.29, 0.717) is 17.5 Å². The fraction of sp³-hybridized carbons (Fsp3) is 0.0625. The fourth-order valence-corrected chi connectivity index (χ4v) is 1.95. The Bertz CT molecular complexity index is 737. The summed E-state index contributed by atoms with van der Waals surface area (Å²) in [6, 6.07) is 14.5. The first-order valence-electron chi connectivity index (χ1n) is 6.26. The van der Waals surface area contributed by atoms with Crippen LogP contribution in [0, 0.1) is 12.7 Å². The molecule has 1 heterocycles. The number of anilines is 2. The molecule has 0 aliphatic carbocycles. The topological polar surface area (TPSA) is 38.1 Å². The SMILES string of the molecule is Cc1cccc(-c2cnc(Nc3cccc(F)c3)o2)c1. The van der Waals surface area contributed by atoms with E-state index in [4.69, 9.17) is 4.42 Å². The Balaban J connectivity index is 1.84. The van der Waals surface area contributed by atoms with E-state index >= 15 is 0 Å². The number of aryl methyl sites for hydroxylation is 1. The van der Waals surface area contributed by atoms with Gasteiger partial charge in [0.15, 0.2) is 5.76 Å². The molecule has 0 saturated carbocycles. The van der Waals surface area contributed by atoms with Crippen LogP contribution in [0.2, 0.25) is 0 Å². The summed E-state index contributed by atoms with van der Waals surface area (Å²) < 4.78 is 18.7. The lowest BCUT2D eigenvalue weighted by atomic mass is 10.1. The highest BCUT2D eigenvalue weighted by Gasteiger charge is 2.07. The molecule has 0 aliphatic rings. The Morgan fingerprint density at radius 2 is 1.95 bits per heavy atom. The zero-order chi connectivity index (χ0) is 13.9. The van der Waals surface area contributed by atoms with Gasteiger partial charge in [-0.3, -0.25) is 0 Å². The molecule has 100 valence electrons. The van der Waals surface area contributed by atoms with Crippen molar-refractivity contribution >= 4 is 11.7 Å². The molecule has 3 nitrogen and oxygen atoms in total. The number of nitrogens with one attached hydrogen (secondary N) is 1. The van der Waals surface area contributed by atoms with Crippen LogP contribution in [0.15, 0.2) is 59.1 Å². The van der Waals surface area contributed by atoms with Crippen LogP contribution in [0.3, 0.4) is 0 Å². The van der Waals surface area contributed by atoms with Crippen LogP contribution in [-0.4, -0.2) is 4.98 Å². The van der Waals surface area contributed by atoms with Gasteiger partial charge in [-0.25, -0.2) is 9.37 Å². The van der Waals surface area contributed by atoms with Gasteiger partial charge in [0.25, 0.3) is 6.01 Å². The maximum atomic E-state index is 13.1. The van der Waals surface area contributed by atoms with Crippen molar-refractivity contribution < 1.29 is 8.81 Å². The molecular weight excluding hydrogens is 255 g/mol. The average Bonchev–Trinajstić information content (AvgIpc) is 2.87.